The molecule has 2 N–H and O–H groups in total. The Balaban J connectivity index is 0.00000240. The molecule has 4 nitrogen and oxygen atoms in total. The summed E-state index contributed by atoms with van der Waals surface area (Å²) in [5.74, 6) is 0.687. The first-order chi connectivity index (χ1) is 13.2. The summed E-state index contributed by atoms with van der Waals surface area (Å²) in [7, 11) is 0. The van der Waals surface area contributed by atoms with Gasteiger partial charge in [-0.1, -0.05) is 31.9 Å². The molecule has 4 aliphatic carbocycles. The molecule has 3 saturated carbocycles. The number of aliphatic hydroxyl groups is 2. The fourth-order valence-electron chi connectivity index (χ4n) is 7.92. The molecule has 3 fully saturated rings. The Bertz CT molecular complexity index is 676. The second-order valence-corrected chi connectivity index (χ2v) is 10.8. The molecule has 0 heterocycles. The zero-order valence-corrected chi connectivity index (χ0v) is 20.7. The fourth-order valence-corrected chi connectivity index (χ4v) is 7.92. The normalized spacial score (nSPS) is 44.9. The summed E-state index contributed by atoms with van der Waals surface area (Å²) in [6.45, 7) is 6.83. The molecular formula is C24H37NaO4. The molecule has 4 aliphatic rings. The van der Waals surface area contributed by atoms with Crippen molar-refractivity contribution in [2.24, 2.45) is 34.5 Å². The molecule has 0 aromatic rings. The third-order valence-corrected chi connectivity index (χ3v) is 9.64. The molecule has 0 radical (unpaired) electrons. The van der Waals surface area contributed by atoms with E-state index in [1.54, 1.807) is 5.57 Å². The van der Waals surface area contributed by atoms with Gasteiger partial charge in [-0.3, -0.25) is 0 Å². The van der Waals surface area contributed by atoms with Crippen molar-refractivity contribution in [2.45, 2.75) is 97.2 Å². The average molecular weight is 413 g/mol. The summed E-state index contributed by atoms with van der Waals surface area (Å²) in [6, 6.07) is 0. The number of hydrogen-bond acceptors (Lipinski definition) is 4. The molecule has 5 heteroatoms. The molecule has 0 saturated heterocycles. The Kier molecular flexibility index (Phi) is 7.04. The van der Waals surface area contributed by atoms with Crippen LogP contribution in [-0.4, -0.2) is 28.4 Å². The fraction of sp³-hybridized carbons (Fsp3) is 0.875. The largest absolute Gasteiger partial charge is 1.00 e. The summed E-state index contributed by atoms with van der Waals surface area (Å²) in [5, 5.41) is 32.5. The van der Waals surface area contributed by atoms with Crippen LogP contribution in [-0.2, 0) is 4.79 Å². The summed E-state index contributed by atoms with van der Waals surface area (Å²) < 4.78 is 0. The minimum atomic E-state index is -0.969. The Morgan fingerprint density at radius 3 is 2.59 bits per heavy atom. The van der Waals surface area contributed by atoms with Crippen LogP contribution < -0.4 is 34.7 Å². The summed E-state index contributed by atoms with van der Waals surface area (Å²) in [4.78, 5) is 10.9. The van der Waals surface area contributed by atoms with Gasteiger partial charge in [-0.2, -0.15) is 0 Å². The van der Waals surface area contributed by atoms with Crippen molar-refractivity contribution in [1.29, 1.82) is 0 Å². The molecule has 8 atom stereocenters. The molecule has 29 heavy (non-hydrogen) atoms. The van der Waals surface area contributed by atoms with Crippen LogP contribution >= 0.6 is 0 Å². The molecule has 0 amide bonds. The van der Waals surface area contributed by atoms with Crippen molar-refractivity contribution in [2.75, 3.05) is 0 Å². The van der Waals surface area contributed by atoms with Gasteiger partial charge in [0.1, 0.15) is 0 Å². The van der Waals surface area contributed by atoms with Crippen LogP contribution in [0.15, 0.2) is 11.1 Å². The molecular weight excluding hydrogens is 375 g/mol. The number of carbonyl (C=O) groups is 1. The number of aliphatic carboxylic acids is 1. The maximum atomic E-state index is 11.4. The molecule has 0 aromatic heterocycles. The van der Waals surface area contributed by atoms with Crippen molar-refractivity contribution in [3.8, 4) is 0 Å². The zero-order valence-electron chi connectivity index (χ0n) is 18.7. The van der Waals surface area contributed by atoms with Crippen LogP contribution in [0.25, 0.3) is 0 Å². The van der Waals surface area contributed by atoms with E-state index in [-0.39, 0.29) is 64.9 Å². The zero-order chi connectivity index (χ0) is 20.3. The maximum Gasteiger partial charge on any atom is 1.00 e. The van der Waals surface area contributed by atoms with E-state index in [0.717, 1.165) is 44.9 Å². The molecule has 0 spiro atoms. The van der Waals surface area contributed by atoms with Gasteiger partial charge in [0.15, 0.2) is 0 Å². The number of aliphatic hydroxyl groups excluding tert-OH is 2. The SMILES string of the molecule is C[C@H](CCC(=O)[O-])[C@H]1CCC2=C3CC[C@@H]4C[C@H](O)CC[C@]4(C)[C@H]3C[C@H](O)[C@@]21C.[Na+]. The number of rotatable bonds is 4. The van der Waals surface area contributed by atoms with Crippen LogP contribution in [0, 0.1) is 34.5 Å². The second-order valence-electron chi connectivity index (χ2n) is 10.8. The van der Waals surface area contributed by atoms with E-state index >= 15 is 0 Å². The number of allylic oxidation sites excluding steroid dienone is 1. The predicted molar refractivity (Wildman–Crippen MR) is 106 cm³/mol. The number of hydrogen-bond donors (Lipinski definition) is 2. The van der Waals surface area contributed by atoms with E-state index in [1.165, 1.54) is 12.0 Å². The van der Waals surface area contributed by atoms with Gasteiger partial charge >= 0.3 is 29.6 Å². The van der Waals surface area contributed by atoms with E-state index < -0.39 is 5.97 Å². The molecule has 4 rings (SSSR count). The van der Waals surface area contributed by atoms with Gasteiger partial charge in [0.05, 0.1) is 12.2 Å². The third kappa shape index (κ3) is 3.80. The average Bonchev–Trinajstić information content (AvgIpc) is 3.00. The van der Waals surface area contributed by atoms with Gasteiger partial charge in [0.2, 0.25) is 0 Å². The first-order valence-corrected chi connectivity index (χ1v) is 11.5. The Labute approximate surface area is 197 Å². The maximum absolute atomic E-state index is 11.4. The van der Waals surface area contributed by atoms with Gasteiger partial charge in [0, 0.05) is 11.4 Å². The standard InChI is InChI=1S/C24H38O4.Na/c1-14(4-9-22(27)28)18-7-8-19-17-6-5-15-12-16(25)10-11-23(15,2)20(17)13-21(26)24(18,19)3;/h14-16,18,20-21,25-26H,4-13H2,1-3H3,(H,27,28);/q;+1/p-1/t14-,15-,16-,18-,20+,21+,23+,24-;/m1./s1. The molecule has 0 aliphatic heterocycles. The number of carbonyl (C=O) groups excluding carboxylic acids is 1. The third-order valence-electron chi connectivity index (χ3n) is 9.64. The van der Waals surface area contributed by atoms with Crippen molar-refractivity contribution in [3.05, 3.63) is 11.1 Å². The van der Waals surface area contributed by atoms with Crippen LogP contribution in [0.5, 0.6) is 0 Å². The van der Waals surface area contributed by atoms with Gasteiger partial charge in [-0.05, 0) is 93.3 Å². The summed E-state index contributed by atoms with van der Waals surface area (Å²) in [6.07, 6.45) is 8.37. The van der Waals surface area contributed by atoms with Crippen LogP contribution in [0.2, 0.25) is 0 Å². The molecule has 0 bridgehead atoms. The Hall–Kier alpha value is 0.130. The number of carboxylic acid groups (broad SMARTS) is 1. The van der Waals surface area contributed by atoms with Crippen LogP contribution in [0.3, 0.4) is 0 Å². The van der Waals surface area contributed by atoms with Gasteiger partial charge in [-0.15, -0.1) is 0 Å². The Morgan fingerprint density at radius 2 is 1.90 bits per heavy atom. The van der Waals surface area contributed by atoms with Gasteiger partial charge in [-0.25, -0.2) is 0 Å². The monoisotopic (exact) mass is 412 g/mol. The molecule has 158 valence electrons. The summed E-state index contributed by atoms with van der Waals surface area (Å²) >= 11 is 0. The smallest absolute Gasteiger partial charge is 0.550 e. The first kappa shape index (κ1) is 23.8. The topological polar surface area (TPSA) is 80.6 Å². The van der Waals surface area contributed by atoms with Crippen molar-refractivity contribution >= 4 is 5.97 Å². The number of carboxylic acids is 1. The molecule has 0 aromatic carbocycles. The second kappa shape index (κ2) is 8.58. The van der Waals surface area contributed by atoms with E-state index in [4.69, 9.17) is 0 Å². The van der Waals surface area contributed by atoms with Crippen LogP contribution in [0.1, 0.15) is 85.0 Å². The van der Waals surface area contributed by atoms with E-state index in [2.05, 4.69) is 20.8 Å². The predicted octanol–water partition coefficient (Wildman–Crippen LogP) is 0.211. The number of fused-ring (bicyclic) bond motifs is 4. The van der Waals surface area contributed by atoms with Crippen LogP contribution in [0.4, 0.5) is 0 Å². The van der Waals surface area contributed by atoms with E-state index in [9.17, 15) is 20.1 Å². The first-order valence-electron chi connectivity index (χ1n) is 11.5. The molecule has 0 unspecified atom stereocenters. The minimum absolute atomic E-state index is 0. The Morgan fingerprint density at radius 1 is 1.17 bits per heavy atom. The quantitative estimate of drug-likeness (QED) is 0.511. The van der Waals surface area contributed by atoms with Crippen molar-refractivity contribution in [1.82, 2.24) is 0 Å². The van der Waals surface area contributed by atoms with Gasteiger partial charge < -0.3 is 20.1 Å². The van der Waals surface area contributed by atoms with Crippen molar-refractivity contribution < 1.29 is 49.7 Å². The van der Waals surface area contributed by atoms with Gasteiger partial charge in [0.25, 0.3) is 0 Å². The summed E-state index contributed by atoms with van der Waals surface area (Å²) in [5.41, 5.74) is 3.14. The van der Waals surface area contributed by atoms with E-state index in [0.29, 0.717) is 24.2 Å². The minimum Gasteiger partial charge on any atom is -0.550 e. The van der Waals surface area contributed by atoms with E-state index in [1.807, 2.05) is 0 Å². The van der Waals surface area contributed by atoms with Crippen molar-refractivity contribution in [3.63, 3.8) is 0 Å².